The van der Waals surface area contributed by atoms with Crippen LogP contribution in [0.15, 0.2) is 47.5 Å². The first kappa shape index (κ1) is 17.4. The van der Waals surface area contributed by atoms with Crippen molar-refractivity contribution in [2.75, 3.05) is 13.1 Å². The minimum absolute atomic E-state index is 0.0569. The Labute approximate surface area is 146 Å². The van der Waals surface area contributed by atoms with Crippen LogP contribution in [-0.2, 0) is 10.0 Å². The Kier molecular flexibility index (Phi) is 4.73. The number of hydrogen-bond donors (Lipinski definition) is 1. The molecule has 1 amide bonds. The summed E-state index contributed by atoms with van der Waals surface area (Å²) in [6, 6.07) is 9.41. The third-order valence-electron chi connectivity index (χ3n) is 4.05. The molecule has 1 aromatic heterocycles. The summed E-state index contributed by atoms with van der Waals surface area (Å²) in [6.45, 7) is 2.48. The van der Waals surface area contributed by atoms with Crippen LogP contribution in [0.2, 0.25) is 0 Å². The van der Waals surface area contributed by atoms with Gasteiger partial charge in [-0.25, -0.2) is 8.42 Å². The van der Waals surface area contributed by atoms with Gasteiger partial charge in [0.05, 0.1) is 17.6 Å². The van der Waals surface area contributed by atoms with E-state index in [0.29, 0.717) is 18.7 Å². The maximum Gasteiger partial charge on any atom is 0.248 e. The van der Waals surface area contributed by atoms with Crippen LogP contribution in [0, 0.1) is 6.92 Å². The fraction of sp³-hybridized carbons (Fsp3) is 0.294. The lowest BCUT2D eigenvalue weighted by Gasteiger charge is -2.17. The third kappa shape index (κ3) is 3.80. The maximum atomic E-state index is 12.8. The minimum atomic E-state index is -3.70. The van der Waals surface area contributed by atoms with E-state index < -0.39 is 15.9 Å². The van der Waals surface area contributed by atoms with E-state index in [1.54, 1.807) is 6.20 Å². The van der Waals surface area contributed by atoms with Gasteiger partial charge in [0.2, 0.25) is 15.9 Å². The van der Waals surface area contributed by atoms with Gasteiger partial charge in [0.25, 0.3) is 0 Å². The van der Waals surface area contributed by atoms with Crippen molar-refractivity contribution in [1.82, 2.24) is 9.29 Å². The van der Waals surface area contributed by atoms with E-state index in [4.69, 9.17) is 10.5 Å². The molecule has 132 valence electrons. The summed E-state index contributed by atoms with van der Waals surface area (Å²) < 4.78 is 32.7. The number of hydrogen-bond acceptors (Lipinski definition) is 5. The highest BCUT2D eigenvalue weighted by Gasteiger charge is 2.33. The second-order valence-corrected chi connectivity index (χ2v) is 7.86. The molecule has 1 atom stereocenters. The van der Waals surface area contributed by atoms with Crippen molar-refractivity contribution in [3.8, 4) is 5.75 Å². The van der Waals surface area contributed by atoms with Gasteiger partial charge in [0.1, 0.15) is 11.9 Å². The van der Waals surface area contributed by atoms with Gasteiger partial charge in [-0.2, -0.15) is 4.31 Å². The summed E-state index contributed by atoms with van der Waals surface area (Å²) in [7, 11) is -3.70. The van der Waals surface area contributed by atoms with Gasteiger partial charge < -0.3 is 10.5 Å². The van der Waals surface area contributed by atoms with E-state index in [2.05, 4.69) is 4.98 Å². The van der Waals surface area contributed by atoms with Crippen LogP contribution in [0.1, 0.15) is 22.5 Å². The molecule has 0 spiro atoms. The lowest BCUT2D eigenvalue weighted by molar-refractivity contribution is 0.1000. The van der Waals surface area contributed by atoms with Crippen LogP contribution < -0.4 is 10.5 Å². The van der Waals surface area contributed by atoms with Crippen LogP contribution in [0.4, 0.5) is 0 Å². The highest BCUT2D eigenvalue weighted by atomic mass is 32.2. The molecular weight excluding hydrogens is 342 g/mol. The van der Waals surface area contributed by atoms with Crippen molar-refractivity contribution >= 4 is 15.9 Å². The molecule has 8 heteroatoms. The van der Waals surface area contributed by atoms with Crippen LogP contribution in [-0.4, -0.2) is 42.8 Å². The topological polar surface area (TPSA) is 103 Å². The molecule has 1 unspecified atom stereocenters. The van der Waals surface area contributed by atoms with Crippen LogP contribution >= 0.6 is 0 Å². The quantitative estimate of drug-likeness (QED) is 0.865. The molecule has 1 saturated heterocycles. The Bertz CT molecular complexity index is 881. The molecule has 1 aromatic carbocycles. The van der Waals surface area contributed by atoms with E-state index in [9.17, 15) is 13.2 Å². The second kappa shape index (κ2) is 6.81. The molecule has 1 aliphatic heterocycles. The largest absolute Gasteiger partial charge is 0.487 e. The average molecular weight is 361 g/mol. The average Bonchev–Trinajstić information content (AvgIpc) is 3.06. The summed E-state index contributed by atoms with van der Waals surface area (Å²) in [5.41, 5.74) is 6.28. The fourth-order valence-corrected chi connectivity index (χ4v) is 4.22. The van der Waals surface area contributed by atoms with E-state index >= 15 is 0 Å². The number of sulfonamides is 1. The fourth-order valence-electron chi connectivity index (χ4n) is 2.69. The first-order valence-electron chi connectivity index (χ1n) is 7.85. The van der Waals surface area contributed by atoms with Gasteiger partial charge >= 0.3 is 0 Å². The molecule has 0 radical (unpaired) electrons. The van der Waals surface area contributed by atoms with Crippen molar-refractivity contribution < 1.29 is 17.9 Å². The molecule has 1 aliphatic rings. The molecule has 2 aromatic rings. The Hall–Kier alpha value is -2.45. The Morgan fingerprint density at radius 1 is 1.32 bits per heavy atom. The molecular formula is C17H19N3O4S. The SMILES string of the molecule is Cc1ccc(OC2CCN(S(=O)(=O)c3cccc(C(N)=O)c3)C2)cn1. The summed E-state index contributed by atoms with van der Waals surface area (Å²) >= 11 is 0. The Morgan fingerprint density at radius 2 is 2.12 bits per heavy atom. The van der Waals surface area contributed by atoms with E-state index in [0.717, 1.165) is 5.69 Å². The van der Waals surface area contributed by atoms with Crippen molar-refractivity contribution in [2.24, 2.45) is 5.73 Å². The summed E-state index contributed by atoms with van der Waals surface area (Å²) in [6.07, 6.45) is 1.98. The van der Waals surface area contributed by atoms with Crippen molar-refractivity contribution in [3.63, 3.8) is 0 Å². The molecule has 0 bridgehead atoms. The van der Waals surface area contributed by atoms with Crippen molar-refractivity contribution in [3.05, 3.63) is 53.9 Å². The van der Waals surface area contributed by atoms with E-state index in [1.807, 2.05) is 19.1 Å². The van der Waals surface area contributed by atoms with E-state index in [1.165, 1.54) is 28.6 Å². The lowest BCUT2D eigenvalue weighted by Crippen LogP contribution is -2.31. The smallest absolute Gasteiger partial charge is 0.248 e. The first-order valence-corrected chi connectivity index (χ1v) is 9.29. The highest BCUT2D eigenvalue weighted by molar-refractivity contribution is 7.89. The third-order valence-corrected chi connectivity index (χ3v) is 5.91. The molecule has 7 nitrogen and oxygen atoms in total. The van der Waals surface area contributed by atoms with Crippen LogP contribution in [0.5, 0.6) is 5.75 Å². The molecule has 0 aliphatic carbocycles. The number of nitrogens with zero attached hydrogens (tertiary/aromatic N) is 2. The minimum Gasteiger partial charge on any atom is -0.487 e. The molecule has 2 N–H and O–H groups in total. The molecule has 1 fully saturated rings. The number of ether oxygens (including phenoxy) is 1. The summed E-state index contributed by atoms with van der Waals surface area (Å²) in [5, 5.41) is 0. The van der Waals surface area contributed by atoms with Crippen molar-refractivity contribution in [1.29, 1.82) is 0 Å². The molecule has 0 saturated carbocycles. The van der Waals surface area contributed by atoms with Gasteiger partial charge in [-0.05, 0) is 43.7 Å². The summed E-state index contributed by atoms with van der Waals surface area (Å²) in [5.74, 6) is -0.0443. The monoisotopic (exact) mass is 361 g/mol. The zero-order chi connectivity index (χ0) is 18.0. The number of primary amides is 1. The number of aryl methyl sites for hydroxylation is 1. The van der Waals surface area contributed by atoms with Crippen LogP contribution in [0.25, 0.3) is 0 Å². The van der Waals surface area contributed by atoms with E-state index in [-0.39, 0.29) is 23.1 Å². The normalized spacial score (nSPS) is 18.2. The zero-order valence-electron chi connectivity index (χ0n) is 13.8. The van der Waals surface area contributed by atoms with Gasteiger partial charge in [-0.3, -0.25) is 9.78 Å². The number of rotatable bonds is 5. The predicted octanol–water partition coefficient (Wildman–Crippen LogP) is 1.33. The molecule has 2 heterocycles. The number of carbonyl (C=O) groups is 1. The van der Waals surface area contributed by atoms with Gasteiger partial charge in [-0.15, -0.1) is 0 Å². The number of pyridine rings is 1. The number of nitrogens with two attached hydrogens (primary N) is 1. The standard InChI is InChI=1S/C17H19N3O4S/c1-12-5-6-14(10-19-12)24-15-7-8-20(11-15)25(22,23)16-4-2-3-13(9-16)17(18)21/h2-6,9-10,15H,7-8,11H2,1H3,(H2,18,21). The maximum absolute atomic E-state index is 12.8. The Morgan fingerprint density at radius 3 is 2.80 bits per heavy atom. The number of benzene rings is 1. The van der Waals surface area contributed by atoms with Gasteiger partial charge in [0, 0.05) is 17.8 Å². The zero-order valence-corrected chi connectivity index (χ0v) is 14.6. The lowest BCUT2D eigenvalue weighted by atomic mass is 10.2. The molecule has 25 heavy (non-hydrogen) atoms. The van der Waals surface area contributed by atoms with Gasteiger partial charge in [-0.1, -0.05) is 6.07 Å². The molecule has 3 rings (SSSR count). The highest BCUT2D eigenvalue weighted by Crippen LogP contribution is 2.24. The van der Waals surface area contributed by atoms with Crippen LogP contribution in [0.3, 0.4) is 0 Å². The number of amides is 1. The van der Waals surface area contributed by atoms with Gasteiger partial charge in [0.15, 0.2) is 0 Å². The van der Waals surface area contributed by atoms with Crippen molar-refractivity contribution in [2.45, 2.75) is 24.3 Å². The number of aromatic nitrogens is 1. The number of carbonyl (C=O) groups excluding carboxylic acids is 1. The summed E-state index contributed by atoms with van der Waals surface area (Å²) in [4.78, 5) is 15.5. The Balaban J connectivity index is 1.73. The predicted molar refractivity (Wildman–Crippen MR) is 91.7 cm³/mol. The second-order valence-electron chi connectivity index (χ2n) is 5.92. The first-order chi connectivity index (χ1) is 11.9.